The predicted octanol–water partition coefficient (Wildman–Crippen LogP) is 4.13. The molecule has 2 heterocycles. The van der Waals surface area contributed by atoms with Crippen molar-refractivity contribution >= 4 is 38.4 Å². The second kappa shape index (κ2) is 6.72. The molecule has 0 aliphatic carbocycles. The topological polar surface area (TPSA) is 55.3 Å². The lowest BCUT2D eigenvalue weighted by atomic mass is 10.1. The van der Waals surface area contributed by atoms with Crippen LogP contribution in [0.2, 0.25) is 0 Å². The highest BCUT2D eigenvalue weighted by Gasteiger charge is 2.15. The van der Waals surface area contributed by atoms with E-state index in [1.54, 1.807) is 23.7 Å². The monoisotopic (exact) mass is 363 g/mol. The summed E-state index contributed by atoms with van der Waals surface area (Å²) >= 11 is 1.54. The van der Waals surface area contributed by atoms with Gasteiger partial charge >= 0.3 is 0 Å². The molecule has 2 aromatic carbocycles. The van der Waals surface area contributed by atoms with Gasteiger partial charge in [0.05, 0.1) is 22.8 Å². The SMILES string of the molecule is COc1ccc(CN(C)C(=O)c2ccc3ncsc3c2)c2cccnc12. The lowest BCUT2D eigenvalue weighted by molar-refractivity contribution is 0.0786. The zero-order valence-corrected chi connectivity index (χ0v) is 15.3. The van der Waals surface area contributed by atoms with Gasteiger partial charge in [-0.3, -0.25) is 9.78 Å². The third kappa shape index (κ3) is 2.88. The predicted molar refractivity (Wildman–Crippen MR) is 104 cm³/mol. The molecule has 0 unspecified atom stereocenters. The van der Waals surface area contributed by atoms with Crippen LogP contribution in [0, 0.1) is 0 Å². The molecule has 6 heteroatoms. The van der Waals surface area contributed by atoms with Gasteiger partial charge in [-0.1, -0.05) is 12.1 Å². The summed E-state index contributed by atoms with van der Waals surface area (Å²) in [5, 5.41) is 0.990. The summed E-state index contributed by atoms with van der Waals surface area (Å²) in [7, 11) is 3.44. The number of thiazole rings is 1. The van der Waals surface area contributed by atoms with Crippen LogP contribution in [0.15, 0.2) is 54.2 Å². The average Bonchev–Trinajstić information content (AvgIpc) is 3.15. The number of rotatable bonds is 4. The Morgan fingerprint density at radius 2 is 2.08 bits per heavy atom. The second-order valence-electron chi connectivity index (χ2n) is 6.02. The molecule has 4 aromatic rings. The number of amides is 1. The summed E-state index contributed by atoms with van der Waals surface area (Å²) in [5.41, 5.74) is 5.21. The van der Waals surface area contributed by atoms with Gasteiger partial charge in [0.25, 0.3) is 5.91 Å². The molecule has 5 nitrogen and oxygen atoms in total. The summed E-state index contributed by atoms with van der Waals surface area (Å²) in [5.74, 6) is 0.710. The Labute approximate surface area is 154 Å². The first-order valence-corrected chi connectivity index (χ1v) is 9.04. The molecule has 2 aromatic heterocycles. The van der Waals surface area contributed by atoms with Gasteiger partial charge in [-0.15, -0.1) is 11.3 Å². The van der Waals surface area contributed by atoms with E-state index < -0.39 is 0 Å². The molecule has 0 saturated heterocycles. The molecule has 4 rings (SSSR count). The number of ether oxygens (including phenoxy) is 1. The Kier molecular flexibility index (Phi) is 4.26. The molecule has 0 saturated carbocycles. The van der Waals surface area contributed by atoms with Crippen LogP contribution in [0.3, 0.4) is 0 Å². The van der Waals surface area contributed by atoms with Crippen LogP contribution in [0.25, 0.3) is 21.1 Å². The summed E-state index contributed by atoms with van der Waals surface area (Å²) in [6, 6.07) is 13.4. The minimum Gasteiger partial charge on any atom is -0.494 e. The lowest BCUT2D eigenvalue weighted by Gasteiger charge is -2.19. The van der Waals surface area contributed by atoms with Crippen molar-refractivity contribution in [3.8, 4) is 5.75 Å². The summed E-state index contributed by atoms with van der Waals surface area (Å²) in [6.45, 7) is 0.492. The van der Waals surface area contributed by atoms with Crippen LogP contribution >= 0.6 is 11.3 Å². The Hall–Kier alpha value is -2.99. The number of fused-ring (bicyclic) bond motifs is 2. The number of carbonyl (C=O) groups excluding carboxylic acids is 1. The molecule has 0 bridgehead atoms. The number of pyridine rings is 1. The fourth-order valence-electron chi connectivity index (χ4n) is 3.04. The highest BCUT2D eigenvalue weighted by molar-refractivity contribution is 7.16. The number of hydrogen-bond donors (Lipinski definition) is 0. The first kappa shape index (κ1) is 16.5. The van der Waals surface area contributed by atoms with Crippen LogP contribution in [-0.2, 0) is 6.54 Å². The van der Waals surface area contributed by atoms with E-state index in [1.807, 2.05) is 49.5 Å². The van der Waals surface area contributed by atoms with Crippen LogP contribution in [-0.4, -0.2) is 34.9 Å². The lowest BCUT2D eigenvalue weighted by Crippen LogP contribution is -2.26. The largest absolute Gasteiger partial charge is 0.494 e. The Bertz CT molecular complexity index is 1110. The number of carbonyl (C=O) groups is 1. The Balaban J connectivity index is 1.64. The number of aromatic nitrogens is 2. The van der Waals surface area contributed by atoms with E-state index in [-0.39, 0.29) is 5.91 Å². The Morgan fingerprint density at radius 3 is 2.92 bits per heavy atom. The van der Waals surface area contributed by atoms with Gasteiger partial charge in [0.1, 0.15) is 11.3 Å². The zero-order chi connectivity index (χ0) is 18.1. The third-order valence-electron chi connectivity index (χ3n) is 4.38. The van der Waals surface area contributed by atoms with Crippen molar-refractivity contribution < 1.29 is 9.53 Å². The first-order chi connectivity index (χ1) is 12.7. The second-order valence-corrected chi connectivity index (χ2v) is 6.91. The summed E-state index contributed by atoms with van der Waals surface area (Å²) in [6.07, 6.45) is 1.74. The molecule has 0 radical (unpaired) electrons. The molecular weight excluding hydrogens is 346 g/mol. The quantitative estimate of drug-likeness (QED) is 0.547. The molecule has 0 N–H and O–H groups in total. The van der Waals surface area contributed by atoms with E-state index in [0.29, 0.717) is 12.1 Å². The number of hydrogen-bond acceptors (Lipinski definition) is 5. The minimum atomic E-state index is -0.0202. The average molecular weight is 363 g/mol. The van der Waals surface area contributed by atoms with Crippen molar-refractivity contribution in [3.05, 3.63) is 65.3 Å². The van der Waals surface area contributed by atoms with Crippen LogP contribution in [0.5, 0.6) is 5.75 Å². The van der Waals surface area contributed by atoms with Crippen molar-refractivity contribution in [1.82, 2.24) is 14.9 Å². The molecule has 0 spiro atoms. The van der Waals surface area contributed by atoms with Crippen molar-refractivity contribution in [2.24, 2.45) is 0 Å². The maximum atomic E-state index is 12.8. The molecule has 0 aliphatic rings. The van der Waals surface area contributed by atoms with Gasteiger partial charge < -0.3 is 9.64 Å². The fraction of sp³-hybridized carbons (Fsp3) is 0.150. The van der Waals surface area contributed by atoms with E-state index in [1.165, 1.54) is 11.3 Å². The maximum Gasteiger partial charge on any atom is 0.253 e. The zero-order valence-electron chi connectivity index (χ0n) is 14.5. The van der Waals surface area contributed by atoms with Gasteiger partial charge in [-0.05, 0) is 35.9 Å². The van der Waals surface area contributed by atoms with Crippen LogP contribution in [0.1, 0.15) is 15.9 Å². The number of methoxy groups -OCH3 is 1. The summed E-state index contributed by atoms with van der Waals surface area (Å²) in [4.78, 5) is 23.2. The highest BCUT2D eigenvalue weighted by atomic mass is 32.1. The fourth-order valence-corrected chi connectivity index (χ4v) is 3.76. The van der Waals surface area contributed by atoms with E-state index in [9.17, 15) is 4.79 Å². The maximum absolute atomic E-state index is 12.8. The Morgan fingerprint density at radius 1 is 1.19 bits per heavy atom. The van der Waals surface area contributed by atoms with Gasteiger partial charge in [-0.2, -0.15) is 0 Å². The molecule has 0 fully saturated rings. The van der Waals surface area contributed by atoms with Gasteiger partial charge in [0, 0.05) is 30.7 Å². The normalized spacial score (nSPS) is 11.0. The molecule has 26 heavy (non-hydrogen) atoms. The van der Waals surface area contributed by atoms with Crippen molar-refractivity contribution in [2.45, 2.75) is 6.54 Å². The van der Waals surface area contributed by atoms with Gasteiger partial charge in [0.15, 0.2) is 0 Å². The smallest absolute Gasteiger partial charge is 0.253 e. The molecule has 130 valence electrons. The molecule has 0 aliphatic heterocycles. The van der Waals surface area contributed by atoms with E-state index >= 15 is 0 Å². The standard InChI is InChI=1S/C20H17N3O2S/c1-23(20(24)13-5-7-16-18(10-13)26-12-22-16)11-14-6-8-17(25-2)19-15(14)4-3-9-21-19/h3-10,12H,11H2,1-2H3. The molecule has 1 amide bonds. The number of nitrogens with zero attached hydrogens (tertiary/aromatic N) is 3. The minimum absolute atomic E-state index is 0.0202. The van der Waals surface area contributed by atoms with Crippen molar-refractivity contribution in [3.63, 3.8) is 0 Å². The highest BCUT2D eigenvalue weighted by Crippen LogP contribution is 2.27. The van der Waals surface area contributed by atoms with E-state index in [0.717, 1.165) is 32.4 Å². The van der Waals surface area contributed by atoms with Crippen molar-refractivity contribution in [2.75, 3.05) is 14.2 Å². The number of benzene rings is 2. The van der Waals surface area contributed by atoms with Gasteiger partial charge in [0.2, 0.25) is 0 Å². The summed E-state index contributed by atoms with van der Waals surface area (Å²) < 4.78 is 6.41. The van der Waals surface area contributed by atoms with Crippen LogP contribution < -0.4 is 4.74 Å². The molecule has 0 atom stereocenters. The van der Waals surface area contributed by atoms with Crippen LogP contribution in [0.4, 0.5) is 0 Å². The third-order valence-corrected chi connectivity index (χ3v) is 5.17. The first-order valence-electron chi connectivity index (χ1n) is 8.16. The van der Waals surface area contributed by atoms with Crippen molar-refractivity contribution in [1.29, 1.82) is 0 Å². The van der Waals surface area contributed by atoms with E-state index in [2.05, 4.69) is 9.97 Å². The van der Waals surface area contributed by atoms with Gasteiger partial charge in [-0.25, -0.2) is 4.98 Å². The van der Waals surface area contributed by atoms with E-state index in [4.69, 9.17) is 4.74 Å². The molecular formula is C20H17N3O2S.